The van der Waals surface area contributed by atoms with Gasteiger partial charge in [0.05, 0.1) is 27.4 Å². The Morgan fingerprint density at radius 3 is 2.13 bits per heavy atom. The standard InChI is InChI=1S/C43H32N3OS.C12H10N.Ir/c1-25(2)34-21-30(43-46-36-15-8-9-16-38(36)48-43)22-35(26(3)4)40(34)28-19-20-45-37(23-28)33-14-10-13-31-32-18-17-29(24-44)39(42(32)47-41(31)33)27-11-6-5-7-12-27;1-10-7-8-12(13-9-10)11-5-3-2-4-6-11;/h5-13,15-23,25-26H,1-4H3;2-5,7-9H,1H3;/q2*-1;/i;1D3;. The van der Waals surface area contributed by atoms with Gasteiger partial charge < -0.3 is 14.4 Å². The number of aromatic nitrogens is 3. The van der Waals surface area contributed by atoms with Crippen LogP contribution in [0.3, 0.4) is 0 Å². The molecule has 0 spiro atoms. The van der Waals surface area contributed by atoms with Crippen LogP contribution in [0.15, 0.2) is 156 Å². The summed E-state index contributed by atoms with van der Waals surface area (Å²) in [5, 5.41) is 13.0. The minimum Gasteiger partial charge on any atom is -0.500 e. The summed E-state index contributed by atoms with van der Waals surface area (Å²) in [5.74, 6) is 0.582. The average Bonchev–Trinajstić information content (AvgIpc) is 3.94. The van der Waals surface area contributed by atoms with E-state index < -0.39 is 6.85 Å². The number of furan rings is 1. The van der Waals surface area contributed by atoms with Gasteiger partial charge in [0.2, 0.25) is 0 Å². The summed E-state index contributed by atoms with van der Waals surface area (Å²) in [4.78, 5) is 14.0. The van der Waals surface area contributed by atoms with E-state index in [9.17, 15) is 5.26 Å². The zero-order valence-corrected chi connectivity index (χ0v) is 37.7. The van der Waals surface area contributed by atoms with Crippen LogP contribution in [-0.4, -0.2) is 15.0 Å². The zero-order chi connectivity index (χ0) is 44.5. The Labute approximate surface area is 384 Å². The molecule has 305 valence electrons. The Bertz CT molecular complexity index is 3280. The number of thiazole rings is 1. The molecule has 10 aromatic rings. The van der Waals surface area contributed by atoms with Crippen LogP contribution in [0.25, 0.3) is 87.5 Å². The molecule has 0 unspecified atom stereocenters. The Morgan fingerprint density at radius 2 is 1.44 bits per heavy atom. The van der Waals surface area contributed by atoms with E-state index in [1.807, 2.05) is 85.1 Å². The summed E-state index contributed by atoms with van der Waals surface area (Å²) in [6.07, 6.45) is 3.28. The molecule has 0 aliphatic heterocycles. The second-order valence-electron chi connectivity index (χ2n) is 15.5. The number of pyridine rings is 2. The van der Waals surface area contributed by atoms with Crippen LogP contribution in [-0.2, 0) is 20.1 Å². The van der Waals surface area contributed by atoms with Crippen molar-refractivity contribution < 1.29 is 28.6 Å². The smallest absolute Gasteiger partial charge is 0.130 e. The van der Waals surface area contributed by atoms with Crippen LogP contribution in [0, 0.1) is 30.3 Å². The largest absolute Gasteiger partial charge is 0.500 e. The first-order chi connectivity index (χ1) is 31.0. The number of hydrogen-bond donors (Lipinski definition) is 0. The predicted molar refractivity (Wildman–Crippen MR) is 251 cm³/mol. The molecule has 0 atom stereocenters. The first kappa shape index (κ1) is 38.4. The van der Waals surface area contributed by atoms with Gasteiger partial charge >= 0.3 is 0 Å². The molecule has 6 aromatic carbocycles. The van der Waals surface area contributed by atoms with Gasteiger partial charge in [0, 0.05) is 53.1 Å². The molecule has 7 heteroatoms. The fraction of sp³-hybridized carbons (Fsp3) is 0.127. The second kappa shape index (κ2) is 18.2. The molecular weight excluding hydrogens is 957 g/mol. The third-order valence-electron chi connectivity index (χ3n) is 10.8. The number of aryl methyl sites for hydroxylation is 1. The van der Waals surface area contributed by atoms with E-state index in [1.165, 1.54) is 27.6 Å². The van der Waals surface area contributed by atoms with Gasteiger partial charge in [-0.1, -0.05) is 105 Å². The van der Waals surface area contributed by atoms with Gasteiger partial charge in [-0.2, -0.15) is 5.26 Å². The monoisotopic (exact) mass is 1000 g/mol. The maximum atomic E-state index is 10.0. The number of nitrogens with zero attached hydrogens (tertiary/aromatic N) is 4. The molecule has 0 N–H and O–H groups in total. The van der Waals surface area contributed by atoms with Crippen molar-refractivity contribution in [2.24, 2.45) is 0 Å². The third kappa shape index (κ3) is 8.26. The minimum atomic E-state index is -2.09. The fourth-order valence-corrected chi connectivity index (χ4v) is 8.81. The maximum absolute atomic E-state index is 10.0. The van der Waals surface area contributed by atoms with Crippen molar-refractivity contribution in [1.29, 1.82) is 5.26 Å². The van der Waals surface area contributed by atoms with E-state index in [1.54, 1.807) is 29.5 Å². The van der Waals surface area contributed by atoms with Gasteiger partial charge in [0.25, 0.3) is 0 Å². The average molecular weight is 1000 g/mol. The summed E-state index contributed by atoms with van der Waals surface area (Å²) in [6, 6.07) is 54.7. The van der Waals surface area contributed by atoms with Crippen molar-refractivity contribution >= 4 is 43.5 Å². The molecule has 0 saturated carbocycles. The number of hydrogen-bond acceptors (Lipinski definition) is 6. The van der Waals surface area contributed by atoms with Crippen LogP contribution >= 0.6 is 11.3 Å². The summed E-state index contributed by atoms with van der Waals surface area (Å²) >= 11 is 1.74. The van der Waals surface area contributed by atoms with Crippen LogP contribution in [0.2, 0.25) is 0 Å². The van der Waals surface area contributed by atoms with Crippen molar-refractivity contribution in [3.05, 3.63) is 186 Å². The van der Waals surface area contributed by atoms with Crippen molar-refractivity contribution in [3.63, 3.8) is 0 Å². The molecule has 10 rings (SSSR count). The van der Waals surface area contributed by atoms with Gasteiger partial charge in [-0.3, -0.25) is 0 Å². The molecule has 4 aromatic heterocycles. The molecular formula is C55H42IrN4OS-2. The van der Waals surface area contributed by atoms with E-state index in [2.05, 4.69) is 93.3 Å². The van der Waals surface area contributed by atoms with Crippen molar-refractivity contribution in [3.8, 4) is 61.4 Å². The molecule has 0 bridgehead atoms. The molecule has 0 aliphatic rings. The van der Waals surface area contributed by atoms with Crippen LogP contribution in [0.1, 0.15) is 65.9 Å². The van der Waals surface area contributed by atoms with Crippen LogP contribution in [0.5, 0.6) is 0 Å². The van der Waals surface area contributed by atoms with Gasteiger partial charge in [0.15, 0.2) is 0 Å². The number of benzene rings is 6. The van der Waals surface area contributed by atoms with Gasteiger partial charge in [0.1, 0.15) is 10.6 Å². The summed E-state index contributed by atoms with van der Waals surface area (Å²) in [5.41, 5.74) is 14.3. The van der Waals surface area contributed by atoms with Gasteiger partial charge in [-0.15, -0.1) is 65.4 Å². The molecule has 0 saturated heterocycles. The van der Waals surface area contributed by atoms with E-state index in [4.69, 9.17) is 18.5 Å². The fourth-order valence-electron chi connectivity index (χ4n) is 7.86. The van der Waals surface area contributed by atoms with E-state index in [-0.39, 0.29) is 25.7 Å². The molecule has 1 radical (unpaired) electrons. The minimum absolute atomic E-state index is 0. The van der Waals surface area contributed by atoms with E-state index in [0.29, 0.717) is 28.6 Å². The number of para-hydroxylation sites is 1. The van der Waals surface area contributed by atoms with Gasteiger partial charge in [-0.05, 0) is 99.9 Å². The predicted octanol–water partition coefficient (Wildman–Crippen LogP) is 15.0. The molecule has 4 heterocycles. The second-order valence-corrected chi connectivity index (χ2v) is 16.5. The Morgan fingerprint density at radius 1 is 0.677 bits per heavy atom. The zero-order valence-electron chi connectivity index (χ0n) is 37.5. The molecule has 0 aliphatic carbocycles. The molecule has 5 nitrogen and oxygen atoms in total. The summed E-state index contributed by atoms with van der Waals surface area (Å²) < 4.78 is 29.6. The van der Waals surface area contributed by atoms with Crippen molar-refractivity contribution in [1.82, 2.24) is 15.0 Å². The maximum Gasteiger partial charge on any atom is 0.130 e. The van der Waals surface area contributed by atoms with Crippen molar-refractivity contribution in [2.75, 3.05) is 0 Å². The first-order valence-electron chi connectivity index (χ1n) is 21.8. The topological polar surface area (TPSA) is 75.6 Å². The normalized spacial score (nSPS) is 12.0. The Balaban J connectivity index is 0.000000287. The summed E-state index contributed by atoms with van der Waals surface area (Å²) in [6.45, 7) is 6.95. The Kier molecular flexibility index (Phi) is 11.3. The molecule has 62 heavy (non-hydrogen) atoms. The van der Waals surface area contributed by atoms with E-state index in [0.717, 1.165) is 66.1 Å². The molecule has 0 amide bonds. The number of rotatable bonds is 7. The van der Waals surface area contributed by atoms with Crippen LogP contribution < -0.4 is 0 Å². The first-order valence-corrected chi connectivity index (χ1v) is 21.1. The van der Waals surface area contributed by atoms with Crippen LogP contribution in [0.4, 0.5) is 0 Å². The Hall–Kier alpha value is -6.55. The van der Waals surface area contributed by atoms with Crippen molar-refractivity contribution in [2.45, 2.75) is 46.4 Å². The quantitative estimate of drug-likeness (QED) is 0.149. The number of fused-ring (bicyclic) bond motifs is 4. The number of nitriles is 1. The van der Waals surface area contributed by atoms with Gasteiger partial charge in [-0.25, -0.2) is 4.98 Å². The van der Waals surface area contributed by atoms with E-state index >= 15 is 0 Å². The molecule has 0 fully saturated rings. The SMILES string of the molecule is CC(C)c1cc(-c2nc3ccccc3s2)cc(C(C)C)c1-c1ccnc(-c2[c-]ccc3c2oc2c(-c4ccccc4)c(C#N)ccc23)c1.[2H]C([2H])([2H])c1ccc(-c2[c-]cccc2)nc1.[Ir]. The summed E-state index contributed by atoms with van der Waals surface area (Å²) in [7, 11) is 0. The third-order valence-corrected chi connectivity index (χ3v) is 11.9.